The van der Waals surface area contributed by atoms with Crippen LogP contribution < -0.4 is 11.1 Å². The molecule has 13 heavy (non-hydrogen) atoms. The van der Waals surface area contributed by atoms with E-state index in [9.17, 15) is 0 Å². The number of hydrogen-bond donors (Lipinski definition) is 2. The number of rotatable bonds is 9. The molecule has 0 bridgehead atoms. The number of nitrogens with two attached hydrogens (primary N) is 1. The van der Waals surface area contributed by atoms with Gasteiger partial charge in [0.05, 0.1) is 6.17 Å². The van der Waals surface area contributed by atoms with Gasteiger partial charge in [0.1, 0.15) is 0 Å². The van der Waals surface area contributed by atoms with Gasteiger partial charge in [-0.25, -0.2) is 0 Å². The lowest BCUT2D eigenvalue weighted by atomic mass is 10.1. The summed E-state index contributed by atoms with van der Waals surface area (Å²) < 4.78 is 0. The molecule has 0 aromatic heterocycles. The van der Waals surface area contributed by atoms with E-state index in [1.807, 2.05) is 0 Å². The number of nitrogens with one attached hydrogen (secondary N) is 1. The van der Waals surface area contributed by atoms with Crippen LogP contribution in [0.5, 0.6) is 0 Å². The molecule has 2 heteroatoms. The zero-order valence-corrected chi connectivity index (χ0v) is 9.31. The smallest absolute Gasteiger partial charge is 0.0546 e. The third-order valence-corrected chi connectivity index (χ3v) is 2.33. The highest BCUT2D eigenvalue weighted by molar-refractivity contribution is 4.57. The standard InChI is InChI=1S/C11H26N2/c1-3-5-6-7-8-9-10-11(12)13-4-2/h11,13H,3-10,12H2,1-2H3. The van der Waals surface area contributed by atoms with Crippen molar-refractivity contribution in [2.75, 3.05) is 6.54 Å². The van der Waals surface area contributed by atoms with Crippen molar-refractivity contribution in [1.82, 2.24) is 5.32 Å². The summed E-state index contributed by atoms with van der Waals surface area (Å²) >= 11 is 0. The minimum Gasteiger partial charge on any atom is -0.316 e. The van der Waals surface area contributed by atoms with E-state index in [2.05, 4.69) is 19.2 Å². The van der Waals surface area contributed by atoms with Crippen LogP contribution in [0, 0.1) is 0 Å². The fraction of sp³-hybridized carbons (Fsp3) is 1.00. The van der Waals surface area contributed by atoms with Gasteiger partial charge in [-0.2, -0.15) is 0 Å². The van der Waals surface area contributed by atoms with Crippen molar-refractivity contribution in [2.24, 2.45) is 5.73 Å². The molecule has 3 N–H and O–H groups in total. The van der Waals surface area contributed by atoms with Gasteiger partial charge in [-0.15, -0.1) is 0 Å². The summed E-state index contributed by atoms with van der Waals surface area (Å²) in [6.07, 6.45) is 9.46. The predicted octanol–water partition coefficient (Wildman–Crippen LogP) is 2.63. The van der Waals surface area contributed by atoms with Gasteiger partial charge in [0, 0.05) is 0 Å². The topological polar surface area (TPSA) is 38.0 Å². The van der Waals surface area contributed by atoms with Crippen LogP contribution in [0.15, 0.2) is 0 Å². The summed E-state index contributed by atoms with van der Waals surface area (Å²) in [5.41, 5.74) is 5.81. The summed E-state index contributed by atoms with van der Waals surface area (Å²) in [6, 6.07) is 0. The Morgan fingerprint density at radius 2 is 1.62 bits per heavy atom. The molecule has 0 rings (SSSR count). The zero-order valence-electron chi connectivity index (χ0n) is 9.31. The minimum atomic E-state index is 0.219. The minimum absolute atomic E-state index is 0.219. The average molecular weight is 186 g/mol. The van der Waals surface area contributed by atoms with Crippen molar-refractivity contribution in [2.45, 2.75) is 65.0 Å². The van der Waals surface area contributed by atoms with Gasteiger partial charge in [0.2, 0.25) is 0 Å². The van der Waals surface area contributed by atoms with E-state index in [4.69, 9.17) is 5.73 Å². The predicted molar refractivity (Wildman–Crippen MR) is 59.6 cm³/mol. The molecule has 0 aliphatic heterocycles. The first-order chi connectivity index (χ1) is 6.31. The van der Waals surface area contributed by atoms with E-state index in [1.165, 1.54) is 38.5 Å². The van der Waals surface area contributed by atoms with Crippen molar-refractivity contribution in [3.05, 3.63) is 0 Å². The summed E-state index contributed by atoms with van der Waals surface area (Å²) in [7, 11) is 0. The van der Waals surface area contributed by atoms with Crippen molar-refractivity contribution in [3.8, 4) is 0 Å². The Labute approximate surface area is 83.3 Å². The van der Waals surface area contributed by atoms with Crippen molar-refractivity contribution < 1.29 is 0 Å². The van der Waals surface area contributed by atoms with E-state index in [0.717, 1.165) is 13.0 Å². The first-order valence-electron chi connectivity index (χ1n) is 5.80. The maximum atomic E-state index is 5.81. The second kappa shape index (κ2) is 10.0. The van der Waals surface area contributed by atoms with E-state index in [1.54, 1.807) is 0 Å². The third kappa shape index (κ3) is 9.84. The SMILES string of the molecule is CCCCCCCCC(N)NCC. The van der Waals surface area contributed by atoms with Gasteiger partial charge in [-0.05, 0) is 13.0 Å². The van der Waals surface area contributed by atoms with Gasteiger partial charge >= 0.3 is 0 Å². The first-order valence-corrected chi connectivity index (χ1v) is 5.80. The van der Waals surface area contributed by atoms with Gasteiger partial charge in [0.15, 0.2) is 0 Å². The summed E-state index contributed by atoms with van der Waals surface area (Å²) in [6.45, 7) is 5.33. The van der Waals surface area contributed by atoms with E-state index in [0.29, 0.717) is 0 Å². The monoisotopic (exact) mass is 186 g/mol. The molecule has 0 aromatic carbocycles. The van der Waals surface area contributed by atoms with Crippen LogP contribution in [0.2, 0.25) is 0 Å². The summed E-state index contributed by atoms with van der Waals surface area (Å²) in [5, 5.41) is 3.23. The molecule has 1 atom stereocenters. The normalized spacial score (nSPS) is 13.2. The average Bonchev–Trinajstić information content (AvgIpc) is 2.11. The molecule has 0 aliphatic rings. The lowest BCUT2D eigenvalue weighted by Gasteiger charge is -2.11. The maximum Gasteiger partial charge on any atom is 0.0546 e. The maximum absolute atomic E-state index is 5.81. The Bertz CT molecular complexity index is 94.1. The number of hydrogen-bond acceptors (Lipinski definition) is 2. The van der Waals surface area contributed by atoms with Crippen molar-refractivity contribution in [1.29, 1.82) is 0 Å². The molecule has 0 aliphatic carbocycles. The Morgan fingerprint density at radius 1 is 1.00 bits per heavy atom. The van der Waals surface area contributed by atoms with Crippen LogP contribution in [0.25, 0.3) is 0 Å². The Balaban J connectivity index is 2.97. The van der Waals surface area contributed by atoms with Gasteiger partial charge in [-0.3, -0.25) is 0 Å². The van der Waals surface area contributed by atoms with Crippen molar-refractivity contribution >= 4 is 0 Å². The molecule has 80 valence electrons. The quantitative estimate of drug-likeness (QED) is 0.429. The highest BCUT2D eigenvalue weighted by Crippen LogP contribution is 2.07. The molecule has 0 saturated heterocycles. The largest absolute Gasteiger partial charge is 0.316 e. The van der Waals surface area contributed by atoms with Gasteiger partial charge in [0.25, 0.3) is 0 Å². The van der Waals surface area contributed by atoms with Crippen LogP contribution in [0.4, 0.5) is 0 Å². The highest BCUT2D eigenvalue weighted by atomic mass is 15.0. The van der Waals surface area contributed by atoms with E-state index >= 15 is 0 Å². The van der Waals surface area contributed by atoms with Crippen LogP contribution in [-0.2, 0) is 0 Å². The fourth-order valence-corrected chi connectivity index (χ4v) is 1.51. The lowest BCUT2D eigenvalue weighted by Crippen LogP contribution is -2.36. The first kappa shape index (κ1) is 12.9. The van der Waals surface area contributed by atoms with Crippen molar-refractivity contribution in [3.63, 3.8) is 0 Å². The van der Waals surface area contributed by atoms with Crippen LogP contribution in [0.3, 0.4) is 0 Å². The second-order valence-electron chi connectivity index (χ2n) is 3.72. The van der Waals surface area contributed by atoms with Crippen LogP contribution >= 0.6 is 0 Å². The highest BCUT2D eigenvalue weighted by Gasteiger charge is 1.98. The lowest BCUT2D eigenvalue weighted by molar-refractivity contribution is 0.473. The summed E-state index contributed by atoms with van der Waals surface area (Å²) in [5.74, 6) is 0. The number of unbranched alkanes of at least 4 members (excludes halogenated alkanes) is 5. The Hall–Kier alpha value is -0.0800. The molecule has 0 fully saturated rings. The molecule has 2 nitrogen and oxygen atoms in total. The molecule has 0 radical (unpaired) electrons. The second-order valence-corrected chi connectivity index (χ2v) is 3.72. The Kier molecular flexibility index (Phi) is 9.94. The Morgan fingerprint density at radius 3 is 2.23 bits per heavy atom. The van der Waals surface area contributed by atoms with Crippen LogP contribution in [0.1, 0.15) is 58.8 Å². The molecule has 0 spiro atoms. The molecule has 0 saturated carbocycles. The summed E-state index contributed by atoms with van der Waals surface area (Å²) in [4.78, 5) is 0. The van der Waals surface area contributed by atoms with Gasteiger partial charge < -0.3 is 11.1 Å². The third-order valence-electron chi connectivity index (χ3n) is 2.33. The molecule has 0 aromatic rings. The zero-order chi connectivity index (χ0) is 9.94. The fourth-order valence-electron chi connectivity index (χ4n) is 1.51. The molecular formula is C11H26N2. The van der Waals surface area contributed by atoms with E-state index < -0.39 is 0 Å². The molecular weight excluding hydrogens is 160 g/mol. The molecule has 0 heterocycles. The van der Waals surface area contributed by atoms with Gasteiger partial charge in [-0.1, -0.05) is 52.4 Å². The molecule has 1 unspecified atom stereocenters. The molecule has 0 amide bonds. The van der Waals surface area contributed by atoms with Crippen LogP contribution in [-0.4, -0.2) is 12.7 Å². The van der Waals surface area contributed by atoms with E-state index in [-0.39, 0.29) is 6.17 Å².